The lowest BCUT2D eigenvalue weighted by Crippen LogP contribution is -2.17. The molecule has 2 aromatic rings. The van der Waals surface area contributed by atoms with E-state index >= 15 is 0 Å². The van der Waals surface area contributed by atoms with Crippen molar-refractivity contribution >= 4 is 38.9 Å². The van der Waals surface area contributed by atoms with Crippen LogP contribution in [0.2, 0.25) is 5.02 Å². The number of hydrogen-bond donors (Lipinski definition) is 1. The largest absolute Gasteiger partial charge is 0.496 e. The van der Waals surface area contributed by atoms with Crippen molar-refractivity contribution in [2.24, 2.45) is 0 Å². The molecule has 0 spiro atoms. The Morgan fingerprint density at radius 1 is 1.42 bits per heavy atom. The Bertz CT molecular complexity index is 558. The third kappa shape index (κ3) is 3.72. The fraction of sp³-hybridized carbons (Fsp3) is 0.286. The maximum Gasteiger partial charge on any atom is 0.129 e. The van der Waals surface area contributed by atoms with Crippen LogP contribution in [0.3, 0.4) is 0 Å². The molecule has 0 aliphatic heterocycles. The number of methoxy groups -OCH3 is 1. The third-order valence-electron chi connectivity index (χ3n) is 2.96. The zero-order valence-corrected chi connectivity index (χ0v) is 13.9. The van der Waals surface area contributed by atoms with Crippen molar-refractivity contribution < 1.29 is 4.74 Å². The number of hydrogen-bond acceptors (Lipinski definition) is 3. The fourth-order valence-corrected chi connectivity index (χ4v) is 3.59. The summed E-state index contributed by atoms with van der Waals surface area (Å²) in [6, 6.07) is 8.31. The summed E-state index contributed by atoms with van der Waals surface area (Å²) in [5.74, 6) is 0.905. The molecule has 2 nitrogen and oxygen atoms in total. The van der Waals surface area contributed by atoms with Gasteiger partial charge in [0.25, 0.3) is 0 Å². The predicted octanol–water partition coefficient (Wildman–Crippen LogP) is 4.68. The van der Waals surface area contributed by atoms with Crippen molar-refractivity contribution in [2.45, 2.75) is 12.5 Å². The Morgan fingerprint density at radius 2 is 2.21 bits per heavy atom. The smallest absolute Gasteiger partial charge is 0.129 e. The zero-order chi connectivity index (χ0) is 13.8. The van der Waals surface area contributed by atoms with Crippen LogP contribution in [-0.2, 0) is 6.42 Å². The zero-order valence-electron chi connectivity index (χ0n) is 10.7. The number of nitrogens with one attached hydrogen (secondary N) is 1. The number of rotatable bonds is 5. The molecular formula is C14H15BrClNOS. The summed E-state index contributed by atoms with van der Waals surface area (Å²) >= 11 is 11.4. The molecule has 5 heteroatoms. The van der Waals surface area contributed by atoms with E-state index in [4.69, 9.17) is 16.3 Å². The van der Waals surface area contributed by atoms with E-state index in [0.29, 0.717) is 0 Å². The Kier molecular flexibility index (Phi) is 5.28. The molecule has 0 aliphatic rings. The van der Waals surface area contributed by atoms with E-state index in [2.05, 4.69) is 33.4 Å². The van der Waals surface area contributed by atoms with E-state index < -0.39 is 0 Å². The molecule has 19 heavy (non-hydrogen) atoms. The maximum atomic E-state index is 6.27. The minimum atomic E-state index is 0.243. The highest BCUT2D eigenvalue weighted by atomic mass is 79.9. The highest BCUT2D eigenvalue weighted by Crippen LogP contribution is 2.31. The molecule has 0 saturated heterocycles. The molecular weight excluding hydrogens is 346 g/mol. The molecule has 1 heterocycles. The van der Waals surface area contributed by atoms with Crippen molar-refractivity contribution in [2.75, 3.05) is 14.2 Å². The van der Waals surface area contributed by atoms with E-state index in [1.807, 2.05) is 24.6 Å². The van der Waals surface area contributed by atoms with Crippen molar-refractivity contribution in [1.82, 2.24) is 5.32 Å². The molecule has 0 amide bonds. The quantitative estimate of drug-likeness (QED) is 0.836. The van der Waals surface area contributed by atoms with Gasteiger partial charge in [-0.3, -0.25) is 0 Å². The summed E-state index contributed by atoms with van der Waals surface area (Å²) in [6.45, 7) is 0. The molecule has 102 valence electrons. The Labute approximate surface area is 130 Å². The first-order valence-electron chi connectivity index (χ1n) is 5.87. The van der Waals surface area contributed by atoms with Gasteiger partial charge in [0.2, 0.25) is 0 Å². The van der Waals surface area contributed by atoms with Gasteiger partial charge >= 0.3 is 0 Å². The van der Waals surface area contributed by atoms with Gasteiger partial charge in [0.05, 0.1) is 7.11 Å². The lowest BCUT2D eigenvalue weighted by molar-refractivity contribution is 0.416. The topological polar surface area (TPSA) is 21.3 Å². The summed E-state index contributed by atoms with van der Waals surface area (Å²) < 4.78 is 6.23. The Morgan fingerprint density at radius 3 is 2.79 bits per heavy atom. The fourth-order valence-electron chi connectivity index (χ4n) is 1.88. The van der Waals surface area contributed by atoms with Gasteiger partial charge in [0.1, 0.15) is 5.75 Å². The van der Waals surface area contributed by atoms with Gasteiger partial charge in [-0.15, -0.1) is 11.3 Å². The van der Waals surface area contributed by atoms with Gasteiger partial charge in [0.15, 0.2) is 0 Å². The second-order valence-electron chi connectivity index (χ2n) is 4.17. The van der Waals surface area contributed by atoms with Crippen LogP contribution in [0.25, 0.3) is 0 Å². The SMILES string of the molecule is CNC(Cc1ccc(Br)cc1Cl)c1cc(OC)cs1. The van der Waals surface area contributed by atoms with Crippen LogP contribution >= 0.6 is 38.9 Å². The summed E-state index contributed by atoms with van der Waals surface area (Å²) in [6.07, 6.45) is 0.853. The average molecular weight is 361 g/mol. The van der Waals surface area contributed by atoms with Gasteiger partial charge in [-0.05, 0) is 37.2 Å². The highest BCUT2D eigenvalue weighted by Gasteiger charge is 2.14. The van der Waals surface area contributed by atoms with Crippen LogP contribution in [0.4, 0.5) is 0 Å². The molecule has 1 aromatic heterocycles. The van der Waals surface area contributed by atoms with Crippen molar-refractivity contribution in [1.29, 1.82) is 0 Å². The van der Waals surface area contributed by atoms with Crippen LogP contribution < -0.4 is 10.1 Å². The Hall–Kier alpha value is -0.550. The van der Waals surface area contributed by atoms with Crippen molar-refractivity contribution in [3.05, 3.63) is 49.6 Å². The van der Waals surface area contributed by atoms with Crippen LogP contribution in [0.5, 0.6) is 5.75 Å². The first kappa shape index (κ1) is 14.9. The molecule has 1 N–H and O–H groups in total. The molecule has 0 fully saturated rings. The summed E-state index contributed by atoms with van der Waals surface area (Å²) in [7, 11) is 3.65. The monoisotopic (exact) mass is 359 g/mol. The molecule has 1 unspecified atom stereocenters. The number of thiophene rings is 1. The average Bonchev–Trinajstić information content (AvgIpc) is 2.86. The number of ether oxygens (including phenoxy) is 1. The molecule has 1 atom stereocenters. The molecule has 0 radical (unpaired) electrons. The summed E-state index contributed by atoms with van der Waals surface area (Å²) in [4.78, 5) is 1.25. The molecule has 0 aliphatic carbocycles. The number of benzene rings is 1. The number of halogens is 2. The molecule has 2 rings (SSSR count). The normalized spacial score (nSPS) is 12.4. The van der Waals surface area contributed by atoms with Crippen molar-refractivity contribution in [3.63, 3.8) is 0 Å². The van der Waals surface area contributed by atoms with E-state index in [1.165, 1.54) is 4.88 Å². The predicted molar refractivity (Wildman–Crippen MR) is 85.5 cm³/mol. The third-order valence-corrected chi connectivity index (χ3v) is 4.83. The first-order valence-corrected chi connectivity index (χ1v) is 7.92. The molecule has 0 saturated carbocycles. The van der Waals surface area contributed by atoms with E-state index in [1.54, 1.807) is 18.4 Å². The van der Waals surface area contributed by atoms with Crippen molar-refractivity contribution in [3.8, 4) is 5.75 Å². The second-order valence-corrected chi connectivity index (χ2v) is 6.44. The van der Waals surface area contributed by atoms with E-state index in [-0.39, 0.29) is 6.04 Å². The lowest BCUT2D eigenvalue weighted by Gasteiger charge is -2.15. The van der Waals surface area contributed by atoms with Crippen LogP contribution in [0.15, 0.2) is 34.1 Å². The standard InChI is InChI=1S/C14H15BrClNOS/c1-17-13(14-7-11(18-2)8-19-14)5-9-3-4-10(15)6-12(9)16/h3-4,6-8,13,17H,5H2,1-2H3. The van der Waals surface area contributed by atoms with Gasteiger partial charge in [-0.25, -0.2) is 0 Å². The molecule has 1 aromatic carbocycles. The van der Waals surface area contributed by atoms with Crippen LogP contribution in [-0.4, -0.2) is 14.2 Å². The van der Waals surface area contributed by atoms with Crippen LogP contribution in [0, 0.1) is 0 Å². The Balaban J connectivity index is 2.18. The van der Waals surface area contributed by atoms with Gasteiger partial charge < -0.3 is 10.1 Å². The second kappa shape index (κ2) is 6.75. The molecule has 0 bridgehead atoms. The van der Waals surface area contributed by atoms with Gasteiger partial charge in [-0.1, -0.05) is 33.6 Å². The lowest BCUT2D eigenvalue weighted by atomic mass is 10.0. The van der Waals surface area contributed by atoms with E-state index in [9.17, 15) is 0 Å². The van der Waals surface area contributed by atoms with Gasteiger partial charge in [-0.2, -0.15) is 0 Å². The summed E-state index contributed by atoms with van der Waals surface area (Å²) in [5, 5.41) is 6.14. The minimum Gasteiger partial charge on any atom is -0.496 e. The minimum absolute atomic E-state index is 0.243. The van der Waals surface area contributed by atoms with E-state index in [0.717, 1.165) is 27.2 Å². The van der Waals surface area contributed by atoms with Gasteiger partial charge in [0, 0.05) is 25.8 Å². The number of likely N-dealkylation sites (N-methyl/N-ethyl adjacent to an activating group) is 1. The highest BCUT2D eigenvalue weighted by molar-refractivity contribution is 9.10. The first-order chi connectivity index (χ1) is 9.13. The maximum absolute atomic E-state index is 6.27. The summed E-state index contributed by atoms with van der Waals surface area (Å²) in [5.41, 5.74) is 1.14. The van der Waals surface area contributed by atoms with Crippen LogP contribution in [0.1, 0.15) is 16.5 Å².